The van der Waals surface area contributed by atoms with Crippen molar-refractivity contribution in [2.45, 2.75) is 45.1 Å². The molecule has 1 heterocycles. The Morgan fingerprint density at radius 3 is 2.94 bits per heavy atom. The van der Waals surface area contributed by atoms with Gasteiger partial charge in [0.1, 0.15) is 6.04 Å². The lowest BCUT2D eigenvalue weighted by atomic mass is 10.1. The summed E-state index contributed by atoms with van der Waals surface area (Å²) in [5, 5.41) is 5.20. The Bertz CT molecular complexity index is 307. The highest BCUT2D eigenvalue weighted by Crippen LogP contribution is 2.12. The fourth-order valence-electron chi connectivity index (χ4n) is 1.95. The van der Waals surface area contributed by atoms with Crippen LogP contribution in [-0.4, -0.2) is 42.4 Å². The molecular weight excluding hydrogens is 234 g/mol. The highest BCUT2D eigenvalue weighted by Gasteiger charge is 2.30. The van der Waals surface area contributed by atoms with Gasteiger partial charge in [-0.1, -0.05) is 13.3 Å². The van der Waals surface area contributed by atoms with Crippen molar-refractivity contribution in [3.63, 3.8) is 0 Å². The molecule has 2 N–H and O–H groups in total. The van der Waals surface area contributed by atoms with Gasteiger partial charge >= 0.3 is 6.03 Å². The number of hydrogen-bond donors (Lipinski definition) is 2. The molecule has 18 heavy (non-hydrogen) atoms. The molecule has 0 unspecified atom stereocenters. The zero-order valence-electron chi connectivity index (χ0n) is 10.8. The van der Waals surface area contributed by atoms with Crippen molar-refractivity contribution in [3.8, 4) is 0 Å². The summed E-state index contributed by atoms with van der Waals surface area (Å²) < 4.78 is 0. The molecule has 0 aromatic heterocycles. The van der Waals surface area contributed by atoms with E-state index in [0.717, 1.165) is 25.7 Å². The first-order chi connectivity index (χ1) is 8.70. The Kier molecular flexibility index (Phi) is 6.18. The van der Waals surface area contributed by atoms with E-state index in [0.29, 0.717) is 25.9 Å². The summed E-state index contributed by atoms with van der Waals surface area (Å²) in [5.74, 6) is -0.311. The molecule has 1 aliphatic rings. The van der Waals surface area contributed by atoms with Gasteiger partial charge in [0.2, 0.25) is 6.41 Å². The lowest BCUT2D eigenvalue weighted by molar-refractivity contribution is -0.131. The van der Waals surface area contributed by atoms with Crippen LogP contribution in [0.2, 0.25) is 0 Å². The average Bonchev–Trinajstić information content (AvgIpc) is 2.53. The zero-order chi connectivity index (χ0) is 13.4. The SMILES string of the molecule is CCCCNC(=O)N1CCCC[C@H](NC=O)C1=O. The first-order valence-corrected chi connectivity index (χ1v) is 6.49. The first-order valence-electron chi connectivity index (χ1n) is 6.49. The number of nitrogens with zero attached hydrogens (tertiary/aromatic N) is 1. The number of imide groups is 1. The summed E-state index contributed by atoms with van der Waals surface area (Å²) in [6, 6.07) is -0.921. The van der Waals surface area contributed by atoms with E-state index < -0.39 is 6.04 Å². The van der Waals surface area contributed by atoms with Gasteiger partial charge in [0.05, 0.1) is 0 Å². The molecule has 0 aliphatic carbocycles. The van der Waals surface area contributed by atoms with Crippen molar-refractivity contribution in [2.75, 3.05) is 13.1 Å². The third-order valence-electron chi connectivity index (χ3n) is 3.01. The van der Waals surface area contributed by atoms with Crippen molar-refractivity contribution in [2.24, 2.45) is 0 Å². The van der Waals surface area contributed by atoms with Gasteiger partial charge < -0.3 is 10.6 Å². The fraction of sp³-hybridized carbons (Fsp3) is 0.750. The van der Waals surface area contributed by atoms with Gasteiger partial charge in [0.15, 0.2) is 0 Å². The van der Waals surface area contributed by atoms with Crippen molar-refractivity contribution in [1.82, 2.24) is 15.5 Å². The van der Waals surface area contributed by atoms with Gasteiger partial charge in [0, 0.05) is 13.1 Å². The Hall–Kier alpha value is -1.59. The van der Waals surface area contributed by atoms with Crippen molar-refractivity contribution < 1.29 is 14.4 Å². The Morgan fingerprint density at radius 2 is 2.28 bits per heavy atom. The number of rotatable bonds is 5. The fourth-order valence-corrected chi connectivity index (χ4v) is 1.95. The normalized spacial score (nSPS) is 20.2. The predicted molar refractivity (Wildman–Crippen MR) is 66.9 cm³/mol. The van der Waals surface area contributed by atoms with E-state index >= 15 is 0 Å². The van der Waals surface area contributed by atoms with E-state index in [-0.39, 0.29) is 11.9 Å². The lowest BCUT2D eigenvalue weighted by Crippen LogP contribution is -2.50. The third kappa shape index (κ3) is 4.01. The van der Waals surface area contributed by atoms with E-state index in [2.05, 4.69) is 10.6 Å². The number of likely N-dealkylation sites (tertiary alicyclic amines) is 1. The maximum atomic E-state index is 12.1. The monoisotopic (exact) mass is 255 g/mol. The molecule has 0 spiro atoms. The second kappa shape index (κ2) is 7.68. The van der Waals surface area contributed by atoms with Crippen molar-refractivity contribution in [3.05, 3.63) is 0 Å². The number of hydrogen-bond acceptors (Lipinski definition) is 3. The highest BCUT2D eigenvalue weighted by atomic mass is 16.2. The summed E-state index contributed by atoms with van der Waals surface area (Å²) in [7, 11) is 0. The topological polar surface area (TPSA) is 78.5 Å². The van der Waals surface area contributed by atoms with Gasteiger partial charge in [-0.25, -0.2) is 4.79 Å². The number of carbonyl (C=O) groups is 3. The minimum Gasteiger partial charge on any atom is -0.347 e. The van der Waals surface area contributed by atoms with Crippen LogP contribution in [0.1, 0.15) is 39.0 Å². The van der Waals surface area contributed by atoms with Crippen LogP contribution >= 0.6 is 0 Å². The molecule has 0 aromatic rings. The van der Waals surface area contributed by atoms with Crippen LogP contribution < -0.4 is 10.6 Å². The van der Waals surface area contributed by atoms with Crippen LogP contribution in [0, 0.1) is 0 Å². The number of carbonyl (C=O) groups excluding carboxylic acids is 3. The second-order valence-electron chi connectivity index (χ2n) is 4.41. The quantitative estimate of drug-likeness (QED) is 0.558. The van der Waals surface area contributed by atoms with Gasteiger partial charge in [0.25, 0.3) is 5.91 Å². The smallest absolute Gasteiger partial charge is 0.324 e. The van der Waals surface area contributed by atoms with Crippen molar-refractivity contribution in [1.29, 1.82) is 0 Å². The van der Waals surface area contributed by atoms with Gasteiger partial charge in [-0.05, 0) is 25.7 Å². The number of nitrogens with one attached hydrogen (secondary N) is 2. The molecule has 6 nitrogen and oxygen atoms in total. The molecule has 1 fully saturated rings. The number of amides is 4. The van der Waals surface area contributed by atoms with E-state index in [9.17, 15) is 14.4 Å². The molecule has 0 saturated carbocycles. The summed E-state index contributed by atoms with van der Waals surface area (Å²) in [5.41, 5.74) is 0. The Labute approximate surface area is 107 Å². The summed E-state index contributed by atoms with van der Waals surface area (Å²) in [6.07, 6.45) is 4.60. The molecule has 1 aliphatic heterocycles. The molecule has 1 atom stereocenters. The number of urea groups is 1. The standard InChI is InChI=1S/C12H21N3O3/c1-2-3-7-13-12(18)15-8-5-4-6-10(11(15)17)14-9-16/h9-10H,2-8H2,1H3,(H,13,18)(H,14,16)/t10-/m0/s1. The summed E-state index contributed by atoms with van der Waals surface area (Å²) >= 11 is 0. The second-order valence-corrected chi connectivity index (χ2v) is 4.41. The molecule has 102 valence electrons. The molecule has 4 amide bonds. The summed E-state index contributed by atoms with van der Waals surface area (Å²) in [6.45, 7) is 3.03. The van der Waals surface area contributed by atoms with Crippen LogP contribution in [0.25, 0.3) is 0 Å². The van der Waals surface area contributed by atoms with Crippen LogP contribution in [0.15, 0.2) is 0 Å². The minimum atomic E-state index is -0.568. The van der Waals surface area contributed by atoms with E-state index in [1.165, 1.54) is 4.90 Å². The van der Waals surface area contributed by atoms with Gasteiger partial charge in [-0.3, -0.25) is 14.5 Å². The predicted octanol–water partition coefficient (Wildman–Crippen LogP) is 0.623. The molecular formula is C12H21N3O3. The van der Waals surface area contributed by atoms with Crippen LogP contribution in [0.5, 0.6) is 0 Å². The zero-order valence-corrected chi connectivity index (χ0v) is 10.8. The van der Waals surface area contributed by atoms with Crippen LogP contribution in [0.3, 0.4) is 0 Å². The molecule has 0 bridgehead atoms. The molecule has 1 rings (SSSR count). The molecule has 0 radical (unpaired) electrons. The van der Waals surface area contributed by atoms with Crippen LogP contribution in [0.4, 0.5) is 4.79 Å². The van der Waals surface area contributed by atoms with Gasteiger partial charge in [-0.15, -0.1) is 0 Å². The molecule has 0 aromatic carbocycles. The maximum absolute atomic E-state index is 12.1. The average molecular weight is 255 g/mol. The molecule has 1 saturated heterocycles. The van der Waals surface area contributed by atoms with E-state index in [1.54, 1.807) is 0 Å². The first kappa shape index (κ1) is 14.5. The third-order valence-corrected chi connectivity index (χ3v) is 3.01. The van der Waals surface area contributed by atoms with E-state index in [4.69, 9.17) is 0 Å². The van der Waals surface area contributed by atoms with Crippen molar-refractivity contribution >= 4 is 18.3 Å². The highest BCUT2D eigenvalue weighted by molar-refractivity contribution is 5.97. The largest absolute Gasteiger partial charge is 0.347 e. The Morgan fingerprint density at radius 1 is 1.50 bits per heavy atom. The lowest BCUT2D eigenvalue weighted by Gasteiger charge is -2.22. The van der Waals surface area contributed by atoms with E-state index in [1.807, 2.05) is 6.92 Å². The Balaban J connectivity index is 2.58. The van der Waals surface area contributed by atoms with Gasteiger partial charge in [-0.2, -0.15) is 0 Å². The number of unbranched alkanes of at least 4 members (excludes halogenated alkanes) is 1. The minimum absolute atomic E-state index is 0.311. The van der Waals surface area contributed by atoms with Crippen LogP contribution in [-0.2, 0) is 9.59 Å². The molecule has 6 heteroatoms. The maximum Gasteiger partial charge on any atom is 0.324 e. The summed E-state index contributed by atoms with van der Waals surface area (Å²) in [4.78, 5) is 35.6.